The summed E-state index contributed by atoms with van der Waals surface area (Å²) in [6, 6.07) is 2.98. The van der Waals surface area contributed by atoms with Crippen molar-refractivity contribution >= 4 is 9.84 Å². The molecule has 1 saturated heterocycles. The van der Waals surface area contributed by atoms with Crippen LogP contribution in [0, 0.1) is 11.3 Å². The molecule has 1 saturated carbocycles. The van der Waals surface area contributed by atoms with Crippen LogP contribution in [-0.2, 0) is 9.84 Å². The zero-order chi connectivity index (χ0) is 14.1. The van der Waals surface area contributed by atoms with Crippen LogP contribution in [0.25, 0.3) is 0 Å². The van der Waals surface area contributed by atoms with Gasteiger partial charge < -0.3 is 4.90 Å². The molecule has 2 rings (SSSR count). The predicted octanol–water partition coefficient (Wildman–Crippen LogP) is 0.530. The van der Waals surface area contributed by atoms with E-state index in [2.05, 4.69) is 16.3 Å². The van der Waals surface area contributed by atoms with Crippen LogP contribution in [0.4, 0.5) is 0 Å². The fourth-order valence-electron chi connectivity index (χ4n) is 2.54. The Morgan fingerprint density at radius 1 is 1.42 bits per heavy atom. The minimum absolute atomic E-state index is 0.119. The summed E-state index contributed by atoms with van der Waals surface area (Å²) in [5, 5.41) is 12.7. The fraction of sp³-hybridized carbons (Fsp3) is 0.923. The minimum Gasteiger partial charge on any atom is -0.302 e. The van der Waals surface area contributed by atoms with Gasteiger partial charge in [-0.3, -0.25) is 5.32 Å². The van der Waals surface area contributed by atoms with Gasteiger partial charge in [0.05, 0.1) is 17.6 Å². The van der Waals surface area contributed by atoms with Crippen molar-refractivity contribution in [1.29, 1.82) is 5.26 Å². The normalized spacial score (nSPS) is 29.1. The molecule has 1 N–H and O–H groups in total. The molecular formula is C13H23N3O2S. The van der Waals surface area contributed by atoms with Crippen molar-refractivity contribution < 1.29 is 8.42 Å². The Bertz CT molecular complexity index is 467. The smallest absolute Gasteiger partial charge is 0.151 e. The van der Waals surface area contributed by atoms with E-state index in [1.165, 1.54) is 0 Å². The van der Waals surface area contributed by atoms with Crippen LogP contribution in [0.15, 0.2) is 0 Å². The zero-order valence-corrected chi connectivity index (χ0v) is 12.5. The van der Waals surface area contributed by atoms with Crippen LogP contribution in [0.2, 0.25) is 0 Å². The molecule has 6 heteroatoms. The maximum absolute atomic E-state index is 11.5. The highest BCUT2D eigenvalue weighted by Crippen LogP contribution is 2.24. The number of rotatable bonds is 6. The summed E-state index contributed by atoms with van der Waals surface area (Å²) in [5.74, 6) is 0.570. The van der Waals surface area contributed by atoms with Crippen molar-refractivity contribution in [2.24, 2.45) is 0 Å². The lowest BCUT2D eigenvalue weighted by Crippen LogP contribution is -2.46. The Labute approximate surface area is 115 Å². The number of sulfone groups is 1. The molecule has 0 radical (unpaired) electrons. The summed E-state index contributed by atoms with van der Waals surface area (Å²) < 4.78 is 22.9. The van der Waals surface area contributed by atoms with Crippen molar-refractivity contribution in [2.75, 3.05) is 25.1 Å². The molecule has 2 aliphatic rings. The van der Waals surface area contributed by atoms with Crippen molar-refractivity contribution in [1.82, 2.24) is 10.2 Å². The van der Waals surface area contributed by atoms with Gasteiger partial charge in [-0.15, -0.1) is 0 Å². The fourth-order valence-corrected chi connectivity index (χ4v) is 4.35. The molecule has 1 aliphatic heterocycles. The van der Waals surface area contributed by atoms with E-state index in [-0.39, 0.29) is 11.8 Å². The van der Waals surface area contributed by atoms with E-state index < -0.39 is 15.4 Å². The summed E-state index contributed by atoms with van der Waals surface area (Å²) in [7, 11) is -0.872. The summed E-state index contributed by atoms with van der Waals surface area (Å²) in [5.41, 5.74) is -0.493. The number of nitrogens with zero attached hydrogens (tertiary/aromatic N) is 2. The Balaban J connectivity index is 1.82. The van der Waals surface area contributed by atoms with Crippen molar-refractivity contribution in [3.8, 4) is 6.07 Å². The van der Waals surface area contributed by atoms with Gasteiger partial charge in [0.15, 0.2) is 9.84 Å². The topological polar surface area (TPSA) is 73.2 Å². The van der Waals surface area contributed by atoms with Gasteiger partial charge in [0.25, 0.3) is 0 Å². The first-order valence-electron chi connectivity index (χ1n) is 6.93. The van der Waals surface area contributed by atoms with Crippen molar-refractivity contribution in [2.45, 2.75) is 50.2 Å². The third-order valence-corrected chi connectivity index (χ3v) is 5.89. The molecule has 2 unspecified atom stereocenters. The average molecular weight is 285 g/mol. The Kier molecular flexibility index (Phi) is 4.19. The average Bonchev–Trinajstić information content (AvgIpc) is 3.08. The highest BCUT2D eigenvalue weighted by atomic mass is 32.2. The molecule has 5 nitrogen and oxygen atoms in total. The number of nitriles is 1. The van der Waals surface area contributed by atoms with E-state index in [1.807, 2.05) is 14.0 Å². The summed E-state index contributed by atoms with van der Waals surface area (Å²) >= 11 is 0. The molecule has 0 aromatic rings. The number of hydrogen-bond donors (Lipinski definition) is 1. The molecule has 0 amide bonds. The van der Waals surface area contributed by atoms with Crippen LogP contribution >= 0.6 is 0 Å². The molecule has 1 aliphatic carbocycles. The largest absolute Gasteiger partial charge is 0.302 e. The van der Waals surface area contributed by atoms with E-state index in [0.29, 0.717) is 11.8 Å². The Morgan fingerprint density at radius 2 is 2.11 bits per heavy atom. The SMILES string of the molecule is CN(CCC(C)(C#N)NC1CC1)C1CCS(=O)(=O)C1. The van der Waals surface area contributed by atoms with Gasteiger partial charge in [0.1, 0.15) is 5.54 Å². The molecule has 0 aromatic heterocycles. The summed E-state index contributed by atoms with van der Waals surface area (Å²) in [6.45, 7) is 2.69. The van der Waals surface area contributed by atoms with Crippen molar-refractivity contribution in [3.63, 3.8) is 0 Å². The van der Waals surface area contributed by atoms with E-state index in [0.717, 1.165) is 32.2 Å². The summed E-state index contributed by atoms with van der Waals surface area (Å²) in [6.07, 6.45) is 3.77. The van der Waals surface area contributed by atoms with Crippen LogP contribution in [-0.4, -0.2) is 56.0 Å². The van der Waals surface area contributed by atoms with Gasteiger partial charge in [-0.25, -0.2) is 8.42 Å². The quantitative estimate of drug-likeness (QED) is 0.770. The molecule has 2 fully saturated rings. The second-order valence-electron chi connectivity index (χ2n) is 6.15. The van der Waals surface area contributed by atoms with Crippen LogP contribution in [0.3, 0.4) is 0 Å². The third-order valence-electron chi connectivity index (χ3n) is 4.14. The van der Waals surface area contributed by atoms with E-state index >= 15 is 0 Å². The maximum Gasteiger partial charge on any atom is 0.151 e. The molecule has 19 heavy (non-hydrogen) atoms. The molecular weight excluding hydrogens is 262 g/mol. The first-order chi connectivity index (χ1) is 8.84. The highest BCUT2D eigenvalue weighted by molar-refractivity contribution is 7.91. The standard InChI is InChI=1S/C13H23N3O2S/c1-13(10-14,15-11-3-4-11)6-7-16(2)12-5-8-19(17,18)9-12/h11-12,15H,3-9H2,1-2H3. The van der Waals surface area contributed by atoms with Gasteiger partial charge in [0, 0.05) is 18.6 Å². The number of nitrogens with one attached hydrogen (secondary N) is 1. The first-order valence-corrected chi connectivity index (χ1v) is 8.75. The highest BCUT2D eigenvalue weighted by Gasteiger charge is 2.34. The van der Waals surface area contributed by atoms with E-state index in [9.17, 15) is 13.7 Å². The van der Waals surface area contributed by atoms with Gasteiger partial charge in [-0.2, -0.15) is 5.26 Å². The first kappa shape index (κ1) is 14.8. The number of hydrogen-bond acceptors (Lipinski definition) is 5. The molecule has 108 valence electrons. The molecule has 0 bridgehead atoms. The van der Waals surface area contributed by atoms with Crippen LogP contribution in [0.1, 0.15) is 32.6 Å². The van der Waals surface area contributed by atoms with Crippen LogP contribution < -0.4 is 5.32 Å². The predicted molar refractivity (Wildman–Crippen MR) is 74.5 cm³/mol. The Morgan fingerprint density at radius 3 is 2.58 bits per heavy atom. The van der Waals surface area contributed by atoms with E-state index in [1.54, 1.807) is 0 Å². The maximum atomic E-state index is 11.5. The Hall–Kier alpha value is -0.640. The second-order valence-corrected chi connectivity index (χ2v) is 8.38. The van der Waals surface area contributed by atoms with Gasteiger partial charge in [-0.1, -0.05) is 0 Å². The molecule has 2 atom stereocenters. The monoisotopic (exact) mass is 285 g/mol. The molecule has 1 heterocycles. The summed E-state index contributed by atoms with van der Waals surface area (Å²) in [4.78, 5) is 2.09. The van der Waals surface area contributed by atoms with Gasteiger partial charge >= 0.3 is 0 Å². The lowest BCUT2D eigenvalue weighted by Gasteiger charge is -2.29. The second kappa shape index (κ2) is 5.39. The third kappa shape index (κ3) is 4.16. The van der Waals surface area contributed by atoms with E-state index in [4.69, 9.17) is 0 Å². The molecule has 0 aromatic carbocycles. The zero-order valence-electron chi connectivity index (χ0n) is 11.7. The van der Waals surface area contributed by atoms with Crippen molar-refractivity contribution in [3.05, 3.63) is 0 Å². The van der Waals surface area contributed by atoms with Gasteiger partial charge in [-0.05, 0) is 39.7 Å². The molecule has 0 spiro atoms. The van der Waals surface area contributed by atoms with Crippen LogP contribution in [0.5, 0.6) is 0 Å². The lowest BCUT2D eigenvalue weighted by atomic mass is 9.99. The van der Waals surface area contributed by atoms with Gasteiger partial charge in [0.2, 0.25) is 0 Å². The lowest BCUT2D eigenvalue weighted by molar-refractivity contribution is 0.235. The minimum atomic E-state index is -2.83.